The summed E-state index contributed by atoms with van der Waals surface area (Å²) >= 11 is 0. The van der Waals surface area contributed by atoms with E-state index in [2.05, 4.69) is 6.92 Å². The summed E-state index contributed by atoms with van der Waals surface area (Å²) in [5, 5.41) is 0. The Bertz CT molecular complexity index is 587. The van der Waals surface area contributed by atoms with Gasteiger partial charge in [-0.1, -0.05) is 115 Å². The Hall–Kier alpha value is 0.390. The molecule has 0 heterocycles. The van der Waals surface area contributed by atoms with Crippen LogP contribution in [-0.4, -0.2) is 50.7 Å². The van der Waals surface area contributed by atoms with E-state index in [1.165, 1.54) is 89.5 Å². The molecule has 0 spiro atoms. The molecule has 5 heteroatoms. The summed E-state index contributed by atoms with van der Waals surface area (Å²) in [7, 11) is -4.10. The monoisotopic (exact) mass is 438 g/mol. The molecule has 1 rings (SSSR count). The Morgan fingerprint density at radius 3 is 1.50 bits per heavy atom. The van der Waals surface area contributed by atoms with Crippen molar-refractivity contribution in [2.45, 2.75) is 115 Å². The summed E-state index contributed by atoms with van der Waals surface area (Å²) in [5.41, 5.74) is 0.731. The second kappa shape index (κ2) is 18.2. The minimum absolute atomic E-state index is 0. The van der Waals surface area contributed by atoms with Crippen molar-refractivity contribution in [2.24, 2.45) is 0 Å². The zero-order valence-electron chi connectivity index (χ0n) is 17.3. The molecule has 0 atom stereocenters. The van der Waals surface area contributed by atoms with Crippen molar-refractivity contribution in [2.75, 3.05) is 0 Å². The summed E-state index contributed by atoms with van der Waals surface area (Å²) in [4.78, 5) is 0.0652. The van der Waals surface area contributed by atoms with Gasteiger partial charge < -0.3 is 0 Å². The van der Waals surface area contributed by atoms with Crippen LogP contribution >= 0.6 is 0 Å². The molecule has 0 saturated carbocycles. The van der Waals surface area contributed by atoms with Crippen LogP contribution < -0.4 is 0 Å². The van der Waals surface area contributed by atoms with Gasteiger partial charge in [-0.15, -0.1) is 0 Å². The van der Waals surface area contributed by atoms with Crippen LogP contribution in [0.25, 0.3) is 0 Å². The molecule has 0 fully saturated rings. The Morgan fingerprint density at radius 1 is 0.679 bits per heavy atom. The van der Waals surface area contributed by atoms with Crippen molar-refractivity contribution >= 4 is 47.9 Å². The van der Waals surface area contributed by atoms with Gasteiger partial charge in [-0.25, -0.2) is 0 Å². The SMILES string of the molecule is CCCCCCCCCCCCCCCCCc1ccccc1S(=O)(=O)O.[CaH2]. The van der Waals surface area contributed by atoms with E-state index in [-0.39, 0.29) is 42.6 Å². The first kappa shape index (κ1) is 28.4. The first-order chi connectivity index (χ1) is 13.1. The van der Waals surface area contributed by atoms with Crippen LogP contribution in [-0.2, 0) is 16.5 Å². The molecule has 1 aromatic rings. The van der Waals surface area contributed by atoms with Gasteiger partial charge in [0.1, 0.15) is 0 Å². The molecule has 0 aliphatic carbocycles. The van der Waals surface area contributed by atoms with Crippen LogP contribution in [0.1, 0.15) is 109 Å². The van der Waals surface area contributed by atoms with Crippen LogP contribution in [0.4, 0.5) is 0 Å². The molecule has 0 unspecified atom stereocenters. The van der Waals surface area contributed by atoms with Crippen molar-refractivity contribution in [1.29, 1.82) is 0 Å². The maximum atomic E-state index is 11.4. The van der Waals surface area contributed by atoms with E-state index < -0.39 is 10.1 Å². The number of unbranched alkanes of at least 4 members (excludes halogenated alkanes) is 14. The van der Waals surface area contributed by atoms with Gasteiger partial charge in [-0.05, 0) is 24.5 Å². The predicted molar refractivity (Wildman–Crippen MR) is 123 cm³/mol. The van der Waals surface area contributed by atoms with Gasteiger partial charge >= 0.3 is 37.7 Å². The van der Waals surface area contributed by atoms with E-state index in [9.17, 15) is 13.0 Å². The number of hydrogen-bond acceptors (Lipinski definition) is 2. The molecule has 0 bridgehead atoms. The van der Waals surface area contributed by atoms with Gasteiger partial charge in [0.25, 0.3) is 10.1 Å². The molecular formula is C23H42CaO3S. The van der Waals surface area contributed by atoms with E-state index in [4.69, 9.17) is 0 Å². The van der Waals surface area contributed by atoms with Crippen LogP contribution in [0.3, 0.4) is 0 Å². The van der Waals surface area contributed by atoms with E-state index in [0.29, 0.717) is 6.42 Å². The molecule has 0 amide bonds. The van der Waals surface area contributed by atoms with Gasteiger partial charge in [-0.3, -0.25) is 4.55 Å². The predicted octanol–water partition coefficient (Wildman–Crippen LogP) is 6.43. The summed E-state index contributed by atoms with van der Waals surface area (Å²) < 4.78 is 32.0. The van der Waals surface area contributed by atoms with Gasteiger partial charge in [0, 0.05) is 0 Å². The van der Waals surface area contributed by atoms with Crippen molar-refractivity contribution in [3.63, 3.8) is 0 Å². The second-order valence-electron chi connectivity index (χ2n) is 7.78. The quantitative estimate of drug-likeness (QED) is 0.173. The summed E-state index contributed by atoms with van der Waals surface area (Å²) in [5.74, 6) is 0. The maximum absolute atomic E-state index is 11.4. The minimum atomic E-state index is -4.10. The number of aryl methyl sites for hydroxylation is 1. The topological polar surface area (TPSA) is 54.4 Å². The van der Waals surface area contributed by atoms with E-state index in [0.717, 1.165) is 18.4 Å². The van der Waals surface area contributed by atoms with Crippen LogP contribution in [0.5, 0.6) is 0 Å². The van der Waals surface area contributed by atoms with Gasteiger partial charge in [0.05, 0.1) is 4.90 Å². The molecule has 0 aliphatic rings. The molecular weight excluding hydrogens is 396 g/mol. The fourth-order valence-electron chi connectivity index (χ4n) is 3.65. The van der Waals surface area contributed by atoms with Crippen molar-refractivity contribution in [1.82, 2.24) is 0 Å². The Balaban J connectivity index is 0.00000729. The Morgan fingerprint density at radius 2 is 1.07 bits per heavy atom. The normalized spacial score (nSPS) is 11.4. The standard InChI is InChI=1S/C23H40O3S.Ca.2H/c1-2-3-4-5-6-7-8-9-10-11-12-13-14-15-16-19-22-20-17-18-21-23(22)27(24,25)26;;;/h17-18,20-21H,2-16,19H2,1H3,(H,24,25,26);;;. The number of hydrogen-bond donors (Lipinski definition) is 1. The molecule has 0 aromatic heterocycles. The summed E-state index contributed by atoms with van der Waals surface area (Å²) in [6.07, 6.45) is 20.5. The zero-order chi connectivity index (χ0) is 19.8. The Labute approximate surface area is 203 Å². The summed E-state index contributed by atoms with van der Waals surface area (Å²) in [6, 6.07) is 6.76. The molecule has 0 aliphatic heterocycles. The molecule has 1 aromatic carbocycles. The zero-order valence-corrected chi connectivity index (χ0v) is 18.1. The Kier molecular flexibility index (Phi) is 18.4. The molecule has 160 valence electrons. The van der Waals surface area contributed by atoms with Gasteiger partial charge in [0.2, 0.25) is 0 Å². The fourth-order valence-corrected chi connectivity index (χ4v) is 4.40. The average Bonchev–Trinajstić information content (AvgIpc) is 2.64. The molecule has 28 heavy (non-hydrogen) atoms. The van der Waals surface area contributed by atoms with E-state index in [1.54, 1.807) is 12.1 Å². The first-order valence-corrected chi connectivity index (χ1v) is 12.5. The number of benzene rings is 1. The third-order valence-electron chi connectivity index (χ3n) is 5.30. The third-order valence-corrected chi connectivity index (χ3v) is 6.25. The van der Waals surface area contributed by atoms with Crippen molar-refractivity contribution in [3.05, 3.63) is 29.8 Å². The van der Waals surface area contributed by atoms with E-state index >= 15 is 0 Å². The summed E-state index contributed by atoms with van der Waals surface area (Å²) in [6.45, 7) is 2.27. The van der Waals surface area contributed by atoms with Crippen molar-refractivity contribution in [3.8, 4) is 0 Å². The third kappa shape index (κ3) is 14.4. The number of rotatable bonds is 17. The molecule has 1 N–H and O–H groups in total. The van der Waals surface area contributed by atoms with Crippen molar-refractivity contribution < 1.29 is 13.0 Å². The van der Waals surface area contributed by atoms with Gasteiger partial charge in [-0.2, -0.15) is 8.42 Å². The van der Waals surface area contributed by atoms with Crippen LogP contribution in [0.2, 0.25) is 0 Å². The fraction of sp³-hybridized carbons (Fsp3) is 0.739. The first-order valence-electron chi connectivity index (χ1n) is 11.1. The molecule has 0 radical (unpaired) electrons. The van der Waals surface area contributed by atoms with Crippen LogP contribution in [0.15, 0.2) is 29.2 Å². The average molecular weight is 439 g/mol. The molecule has 3 nitrogen and oxygen atoms in total. The molecule has 0 saturated heterocycles. The van der Waals surface area contributed by atoms with Gasteiger partial charge in [0.15, 0.2) is 0 Å². The van der Waals surface area contributed by atoms with E-state index in [1.807, 2.05) is 6.07 Å². The second-order valence-corrected chi connectivity index (χ2v) is 9.17. The van der Waals surface area contributed by atoms with Crippen LogP contribution in [0, 0.1) is 0 Å².